The molecule has 11 heavy (non-hydrogen) atoms. The van der Waals surface area contributed by atoms with E-state index in [1.165, 1.54) is 7.05 Å². The molecule has 0 amide bonds. The number of carbonyl (C=O) groups is 1. The Labute approximate surface area is 71.8 Å². The molecule has 0 fully saturated rings. The molecule has 1 aromatic carbocycles. The van der Waals surface area contributed by atoms with Crippen molar-refractivity contribution in [2.75, 3.05) is 7.05 Å². The molecule has 0 aliphatic rings. The van der Waals surface area contributed by atoms with Gasteiger partial charge in [0.05, 0.1) is 0 Å². The summed E-state index contributed by atoms with van der Waals surface area (Å²) in [4.78, 5) is 10.9. The van der Waals surface area contributed by atoms with Crippen LogP contribution in [-0.2, 0) is 0 Å². The maximum absolute atomic E-state index is 10.2. The van der Waals surface area contributed by atoms with Crippen molar-refractivity contribution in [2.24, 2.45) is 5.73 Å². The van der Waals surface area contributed by atoms with Gasteiger partial charge in [0.2, 0.25) is 0 Å². The third kappa shape index (κ3) is 3.20. The monoisotopic (exact) mass is 169 g/mol. The molecule has 1 rings (SSSR count). The van der Waals surface area contributed by atoms with Crippen molar-refractivity contribution >= 4 is 18.9 Å². The predicted molar refractivity (Wildman–Crippen MR) is 49.2 cm³/mol. The van der Waals surface area contributed by atoms with E-state index in [9.17, 15) is 4.79 Å². The van der Waals surface area contributed by atoms with Crippen LogP contribution in [0.25, 0.3) is 0 Å². The van der Waals surface area contributed by atoms with Crippen LogP contribution in [0.3, 0.4) is 0 Å². The summed E-state index contributed by atoms with van der Waals surface area (Å²) in [7, 11) is 1.50. The smallest absolute Gasteiger partial charge is 0.151 e. The Morgan fingerprint density at radius 2 is 1.91 bits per heavy atom. The minimum absolute atomic E-state index is 0.640. The van der Waals surface area contributed by atoms with Crippen LogP contribution < -0.4 is 5.73 Å². The van der Waals surface area contributed by atoms with Gasteiger partial charge in [0.1, 0.15) is 0 Å². The molecule has 0 aliphatic carbocycles. The maximum Gasteiger partial charge on any atom is 0.151 e. The largest absolute Gasteiger partial charge is 0.333 e. The molecule has 1 aromatic rings. The SMILES string of the molecule is CN.O=Cc1ccccc1S. The van der Waals surface area contributed by atoms with Crippen molar-refractivity contribution in [3.63, 3.8) is 0 Å². The topological polar surface area (TPSA) is 43.1 Å². The van der Waals surface area contributed by atoms with Gasteiger partial charge in [0, 0.05) is 10.5 Å². The molecular formula is C8H11NOS. The molecule has 0 unspecified atom stereocenters. The minimum Gasteiger partial charge on any atom is -0.333 e. The summed E-state index contributed by atoms with van der Waals surface area (Å²) in [6, 6.07) is 7.17. The Hall–Kier alpha value is -0.800. The minimum atomic E-state index is 0.640. The predicted octanol–water partition coefficient (Wildman–Crippen LogP) is 1.36. The van der Waals surface area contributed by atoms with Crippen LogP contribution in [0.15, 0.2) is 29.2 Å². The lowest BCUT2D eigenvalue weighted by molar-refractivity contribution is 0.112. The van der Waals surface area contributed by atoms with Gasteiger partial charge in [-0.15, -0.1) is 12.6 Å². The van der Waals surface area contributed by atoms with Crippen LogP contribution in [0, 0.1) is 0 Å². The Morgan fingerprint density at radius 3 is 2.27 bits per heavy atom. The molecule has 0 aliphatic heterocycles. The third-order valence-corrected chi connectivity index (χ3v) is 1.47. The number of carbonyl (C=O) groups excluding carboxylic acids is 1. The van der Waals surface area contributed by atoms with Gasteiger partial charge in [0.15, 0.2) is 6.29 Å². The van der Waals surface area contributed by atoms with Crippen molar-refractivity contribution in [1.82, 2.24) is 0 Å². The van der Waals surface area contributed by atoms with Crippen LogP contribution in [0.1, 0.15) is 10.4 Å². The Bertz CT molecular complexity index is 225. The number of aldehydes is 1. The van der Waals surface area contributed by atoms with E-state index in [-0.39, 0.29) is 0 Å². The van der Waals surface area contributed by atoms with E-state index in [1.54, 1.807) is 12.1 Å². The number of rotatable bonds is 1. The van der Waals surface area contributed by atoms with Gasteiger partial charge >= 0.3 is 0 Å². The first kappa shape index (κ1) is 10.2. The Balaban J connectivity index is 0.000000461. The first-order valence-electron chi connectivity index (χ1n) is 3.15. The number of nitrogens with two attached hydrogens (primary N) is 1. The van der Waals surface area contributed by atoms with Crippen LogP contribution >= 0.6 is 12.6 Å². The first-order valence-corrected chi connectivity index (χ1v) is 3.60. The van der Waals surface area contributed by atoms with Crippen molar-refractivity contribution in [3.05, 3.63) is 29.8 Å². The van der Waals surface area contributed by atoms with Crippen LogP contribution in [0.4, 0.5) is 0 Å². The summed E-state index contributed by atoms with van der Waals surface area (Å²) < 4.78 is 0. The number of benzene rings is 1. The second kappa shape index (κ2) is 5.95. The van der Waals surface area contributed by atoms with Gasteiger partial charge in [-0.05, 0) is 13.1 Å². The second-order valence-electron chi connectivity index (χ2n) is 1.68. The Kier molecular flexibility index (Phi) is 5.51. The lowest BCUT2D eigenvalue weighted by atomic mass is 10.2. The normalized spacial score (nSPS) is 7.91. The van der Waals surface area contributed by atoms with Gasteiger partial charge < -0.3 is 5.73 Å². The van der Waals surface area contributed by atoms with Gasteiger partial charge in [-0.25, -0.2) is 0 Å². The van der Waals surface area contributed by atoms with Crippen LogP contribution in [0.2, 0.25) is 0 Å². The molecule has 0 saturated carbocycles. The second-order valence-corrected chi connectivity index (χ2v) is 2.16. The van der Waals surface area contributed by atoms with Gasteiger partial charge in [0.25, 0.3) is 0 Å². The standard InChI is InChI=1S/C7H6OS.CH5N/c8-5-6-3-1-2-4-7(6)9;1-2/h1-5,9H;2H2,1H3. The average Bonchev–Trinajstić information content (AvgIpc) is 2.09. The molecular weight excluding hydrogens is 158 g/mol. The Morgan fingerprint density at radius 1 is 1.36 bits per heavy atom. The number of hydrogen-bond donors (Lipinski definition) is 2. The van der Waals surface area contributed by atoms with Crippen molar-refractivity contribution < 1.29 is 4.79 Å². The van der Waals surface area contributed by atoms with E-state index in [2.05, 4.69) is 18.4 Å². The van der Waals surface area contributed by atoms with Gasteiger partial charge in [-0.2, -0.15) is 0 Å². The van der Waals surface area contributed by atoms with Crippen molar-refractivity contribution in [1.29, 1.82) is 0 Å². The molecule has 0 atom stereocenters. The molecule has 60 valence electrons. The van der Waals surface area contributed by atoms with Gasteiger partial charge in [-0.1, -0.05) is 18.2 Å². The van der Waals surface area contributed by atoms with E-state index in [0.717, 1.165) is 11.2 Å². The zero-order valence-electron chi connectivity index (χ0n) is 6.32. The zero-order valence-corrected chi connectivity index (χ0v) is 7.21. The average molecular weight is 169 g/mol. The lowest BCUT2D eigenvalue weighted by Gasteiger charge is -1.91. The molecule has 2 N–H and O–H groups in total. The highest BCUT2D eigenvalue weighted by molar-refractivity contribution is 7.80. The van der Waals surface area contributed by atoms with Crippen LogP contribution in [0.5, 0.6) is 0 Å². The van der Waals surface area contributed by atoms with Crippen LogP contribution in [-0.4, -0.2) is 13.3 Å². The molecule has 0 radical (unpaired) electrons. The van der Waals surface area contributed by atoms with E-state index in [1.807, 2.05) is 12.1 Å². The quantitative estimate of drug-likeness (QED) is 0.492. The molecule has 0 heterocycles. The summed E-state index contributed by atoms with van der Waals surface area (Å²) in [6.45, 7) is 0. The fourth-order valence-corrected chi connectivity index (χ4v) is 0.800. The maximum atomic E-state index is 10.2. The third-order valence-electron chi connectivity index (χ3n) is 1.06. The zero-order chi connectivity index (χ0) is 8.69. The molecule has 0 saturated heterocycles. The lowest BCUT2D eigenvalue weighted by Crippen LogP contribution is -1.78. The summed E-state index contributed by atoms with van der Waals surface area (Å²) in [5.74, 6) is 0. The van der Waals surface area contributed by atoms with E-state index < -0.39 is 0 Å². The molecule has 2 nitrogen and oxygen atoms in total. The summed E-state index contributed by atoms with van der Waals surface area (Å²) in [5, 5.41) is 0. The van der Waals surface area contributed by atoms with Crippen molar-refractivity contribution in [2.45, 2.75) is 4.90 Å². The van der Waals surface area contributed by atoms with E-state index >= 15 is 0 Å². The highest BCUT2D eigenvalue weighted by Crippen LogP contribution is 2.09. The molecule has 0 bridgehead atoms. The first-order chi connectivity index (χ1) is 5.34. The number of hydrogen-bond acceptors (Lipinski definition) is 3. The van der Waals surface area contributed by atoms with Gasteiger partial charge in [-0.3, -0.25) is 4.79 Å². The highest BCUT2D eigenvalue weighted by Gasteiger charge is 1.91. The summed E-state index contributed by atoms with van der Waals surface area (Å²) in [5.41, 5.74) is 5.14. The molecule has 0 aromatic heterocycles. The number of thiol groups is 1. The fraction of sp³-hybridized carbons (Fsp3) is 0.125. The summed E-state index contributed by atoms with van der Waals surface area (Å²) >= 11 is 4.05. The molecule has 0 spiro atoms. The van der Waals surface area contributed by atoms with E-state index in [4.69, 9.17) is 0 Å². The fourth-order valence-electron chi connectivity index (χ4n) is 0.587. The van der Waals surface area contributed by atoms with Crippen molar-refractivity contribution in [3.8, 4) is 0 Å². The van der Waals surface area contributed by atoms with E-state index in [0.29, 0.717) is 5.56 Å². The molecule has 3 heteroatoms. The summed E-state index contributed by atoms with van der Waals surface area (Å²) in [6.07, 6.45) is 0.794. The highest BCUT2D eigenvalue weighted by atomic mass is 32.1.